The Hall–Kier alpha value is -3.05. The average Bonchev–Trinajstić information content (AvgIpc) is 3.29. The number of rotatable bonds is 11. The van der Waals surface area contributed by atoms with Crippen LogP contribution in [0, 0.1) is 0 Å². The minimum atomic E-state index is -3.43. The Balaban J connectivity index is 1.36. The van der Waals surface area contributed by atoms with Crippen molar-refractivity contribution >= 4 is 96.4 Å². The molecule has 0 radical (unpaired) electrons. The van der Waals surface area contributed by atoms with Crippen LogP contribution in [0.1, 0.15) is 63.8 Å². The molecule has 7 rings (SSSR count). The molecule has 0 bridgehead atoms. The van der Waals surface area contributed by atoms with Gasteiger partial charge in [0.25, 0.3) is 0 Å². The predicted octanol–water partition coefficient (Wildman–Crippen LogP) is 10.0. The zero-order chi connectivity index (χ0) is 50.8. The summed E-state index contributed by atoms with van der Waals surface area (Å²) in [6.45, 7) is 11.2. The molecule has 17 nitrogen and oxygen atoms in total. The second-order valence-corrected chi connectivity index (χ2v) is 28.1. The van der Waals surface area contributed by atoms with Gasteiger partial charge in [-0.15, -0.1) is 0 Å². The van der Waals surface area contributed by atoms with Gasteiger partial charge in [0.2, 0.25) is 10.1 Å². The molecule has 11 atom stereocenters. The van der Waals surface area contributed by atoms with Crippen molar-refractivity contribution in [1.29, 1.82) is 0 Å². The molecule has 3 aromatic rings. The van der Waals surface area contributed by atoms with Gasteiger partial charge >= 0.3 is 30.8 Å². The molecule has 4 aliphatic rings. The minimum absolute atomic E-state index is 0.00999. The van der Waals surface area contributed by atoms with E-state index >= 15 is 0 Å². The first-order valence-electron chi connectivity index (χ1n) is 22.0. The average molecular weight is 1120 g/mol. The molecule has 384 valence electrons. The van der Waals surface area contributed by atoms with Gasteiger partial charge in [-0.05, 0) is 71.2 Å². The van der Waals surface area contributed by atoms with E-state index < -0.39 is 119 Å². The first-order chi connectivity index (χ1) is 32.8. The van der Waals surface area contributed by atoms with Crippen molar-refractivity contribution in [2.75, 3.05) is 26.9 Å². The summed E-state index contributed by atoms with van der Waals surface area (Å²) in [4.78, 5) is 41.7. The topological polar surface area (TPSA) is 183 Å². The Morgan fingerprint density at radius 1 is 0.700 bits per heavy atom. The molecule has 0 aliphatic carbocycles. The summed E-state index contributed by atoms with van der Waals surface area (Å²) in [5, 5.41) is 1.42. The van der Waals surface area contributed by atoms with Crippen LogP contribution in [-0.2, 0) is 51.5 Å². The highest BCUT2D eigenvalue weighted by atomic mass is 35.6. The number of benzene rings is 3. The number of amides is 1. The van der Waals surface area contributed by atoms with E-state index in [4.69, 9.17) is 131 Å². The lowest BCUT2D eigenvalue weighted by Crippen LogP contribution is -2.74. The molecule has 4 heterocycles. The van der Waals surface area contributed by atoms with Crippen LogP contribution in [0.25, 0.3) is 0 Å². The van der Waals surface area contributed by atoms with E-state index in [-0.39, 0.29) is 18.8 Å². The van der Waals surface area contributed by atoms with Crippen molar-refractivity contribution in [3.63, 3.8) is 0 Å². The molecule has 4 fully saturated rings. The third kappa shape index (κ3) is 13.2. The highest BCUT2D eigenvalue weighted by Crippen LogP contribution is 2.56. The molecule has 0 spiro atoms. The van der Waals surface area contributed by atoms with Crippen molar-refractivity contribution in [3.8, 4) is 11.5 Å². The Bertz CT molecular complexity index is 2230. The van der Waals surface area contributed by atoms with Gasteiger partial charge in [-0.25, -0.2) is 14.4 Å². The fraction of sp³-hybridized carbons (Fsp3) is 0.543. The first-order valence-corrected chi connectivity index (χ1v) is 26.1. The maximum absolute atomic E-state index is 14.3. The van der Waals surface area contributed by atoms with Crippen LogP contribution in [0.5, 0.6) is 11.5 Å². The number of nitrogens with one attached hydrogen (secondary N) is 1. The number of hydrogen-bond donors (Lipinski definition) is 1. The number of carbonyl (C=O) groups excluding carboxylic acids is 3. The smallest absolute Gasteiger partial charge is 0.497 e. The van der Waals surface area contributed by atoms with Gasteiger partial charge in [0, 0.05) is 15.6 Å². The van der Waals surface area contributed by atoms with E-state index in [1.54, 1.807) is 84.9 Å². The summed E-state index contributed by atoms with van der Waals surface area (Å²) >= 11 is 35.6. The number of halogens is 6. The van der Waals surface area contributed by atoms with Crippen LogP contribution in [0.4, 0.5) is 9.59 Å². The van der Waals surface area contributed by atoms with E-state index in [0.717, 1.165) is 0 Å². The number of carbonyl (C=O) groups is 3. The number of methoxy groups -OCH3 is 1. The summed E-state index contributed by atoms with van der Waals surface area (Å²) in [6, 6.07) is 22.1. The Kier molecular flexibility index (Phi) is 17.3. The zero-order valence-electron chi connectivity index (χ0n) is 38.9. The Morgan fingerprint density at radius 3 is 1.90 bits per heavy atom. The molecular formula is C46H53Cl6NO16Si. The fourth-order valence-electron chi connectivity index (χ4n) is 8.89. The van der Waals surface area contributed by atoms with Crippen molar-refractivity contribution < 1.29 is 75.3 Å². The third-order valence-corrected chi connectivity index (χ3v) is 17.3. The fourth-order valence-corrected chi connectivity index (χ4v) is 14.2. The van der Waals surface area contributed by atoms with Gasteiger partial charge in [-0.3, -0.25) is 0 Å². The van der Waals surface area contributed by atoms with E-state index in [0.29, 0.717) is 17.1 Å². The van der Waals surface area contributed by atoms with E-state index in [2.05, 4.69) is 5.32 Å². The molecule has 0 saturated carbocycles. The van der Waals surface area contributed by atoms with Crippen molar-refractivity contribution in [2.24, 2.45) is 0 Å². The van der Waals surface area contributed by atoms with Gasteiger partial charge in [0.15, 0.2) is 24.8 Å². The van der Waals surface area contributed by atoms with Crippen LogP contribution in [0.3, 0.4) is 0 Å². The summed E-state index contributed by atoms with van der Waals surface area (Å²) < 4.78 is 77.1. The van der Waals surface area contributed by atoms with E-state index in [9.17, 15) is 14.4 Å². The third-order valence-electron chi connectivity index (χ3n) is 11.7. The highest BCUT2D eigenvalue weighted by molar-refractivity contribution is 6.73. The number of alkyl carbamates (subject to hydrolysis) is 1. The summed E-state index contributed by atoms with van der Waals surface area (Å²) in [5.41, 5.74) is 0.780. The molecular weight excluding hydrogens is 1060 g/mol. The lowest BCUT2D eigenvalue weighted by Gasteiger charge is -2.58. The number of ether oxygens (including phenoxy) is 11. The molecule has 1 N–H and O–H groups in total. The van der Waals surface area contributed by atoms with Gasteiger partial charge in [0.05, 0.1) is 25.9 Å². The number of alkyl halides is 6. The second kappa shape index (κ2) is 22.2. The highest BCUT2D eigenvalue weighted by Gasteiger charge is 2.66. The lowest BCUT2D eigenvalue weighted by atomic mass is 9.94. The quantitative estimate of drug-likeness (QED) is 0.0828. The lowest BCUT2D eigenvalue weighted by molar-refractivity contribution is -0.369. The van der Waals surface area contributed by atoms with Gasteiger partial charge in [-0.2, -0.15) is 0 Å². The maximum Gasteiger partial charge on any atom is 0.508 e. The van der Waals surface area contributed by atoms with Gasteiger partial charge < -0.3 is 66.3 Å². The van der Waals surface area contributed by atoms with Crippen LogP contribution >= 0.6 is 69.6 Å². The molecule has 4 saturated heterocycles. The molecule has 0 aromatic heterocycles. The van der Waals surface area contributed by atoms with Crippen LogP contribution < -0.4 is 14.8 Å². The predicted molar refractivity (Wildman–Crippen MR) is 258 cm³/mol. The molecule has 70 heavy (non-hydrogen) atoms. The van der Waals surface area contributed by atoms with Crippen LogP contribution in [0.15, 0.2) is 84.9 Å². The zero-order valence-corrected chi connectivity index (χ0v) is 44.4. The largest absolute Gasteiger partial charge is 0.508 e. The normalized spacial score (nSPS) is 29.0. The first kappa shape index (κ1) is 54.7. The molecule has 0 unspecified atom stereocenters. The molecule has 1 amide bonds. The summed E-state index contributed by atoms with van der Waals surface area (Å²) in [6.07, 6.45) is -15.8. The minimum Gasteiger partial charge on any atom is -0.497 e. The summed E-state index contributed by atoms with van der Waals surface area (Å²) in [5.74, 6) is 0.0612. The van der Waals surface area contributed by atoms with Crippen molar-refractivity contribution in [1.82, 2.24) is 5.32 Å². The van der Waals surface area contributed by atoms with E-state index in [1.165, 1.54) is 7.11 Å². The van der Waals surface area contributed by atoms with Crippen molar-refractivity contribution in [3.05, 3.63) is 96.1 Å². The monoisotopic (exact) mass is 1110 g/mol. The SMILES string of the molecule is COc1ccc(O[C@@H]2O[C@@H]3CO[Si](C(C)(C)C)(C(C)(C)C)O[C@@H]3[C@H](O[C@@H]3O[C@@H]4CO[C@@H](c5ccccc5)O[C@H]4[C@H](OC(=O)OCC(Cl)(Cl)Cl)[C@H]3NC(=O)OC(Cl)(Cl)Cl)[C@H]2OC(=O)c2ccccc2)cc1. The van der Waals surface area contributed by atoms with E-state index in [1.807, 2.05) is 41.5 Å². The Labute approximate surface area is 436 Å². The van der Waals surface area contributed by atoms with Gasteiger partial charge in [-0.1, -0.05) is 125 Å². The number of hydrogen-bond acceptors (Lipinski definition) is 16. The summed E-state index contributed by atoms with van der Waals surface area (Å²) in [7, 11) is -1.91. The molecule has 24 heteroatoms. The maximum atomic E-state index is 14.3. The van der Waals surface area contributed by atoms with Crippen LogP contribution in [0.2, 0.25) is 10.1 Å². The Morgan fingerprint density at radius 2 is 1.30 bits per heavy atom. The van der Waals surface area contributed by atoms with Gasteiger partial charge in [0.1, 0.15) is 54.7 Å². The molecule has 3 aromatic carbocycles. The van der Waals surface area contributed by atoms with Crippen LogP contribution in [-0.4, -0.2) is 123 Å². The number of fused-ring (bicyclic) bond motifs is 2. The second-order valence-electron chi connectivity index (χ2n) is 18.6. The molecule has 4 aliphatic heterocycles. The van der Waals surface area contributed by atoms with Crippen molar-refractivity contribution in [2.45, 2.75) is 127 Å². The number of esters is 1. The standard InChI is InChI=1S/C46H53Cl6NO16Si/c1-43(2,3)70(44(4,5)6)60-23-30-33(69-70)35(36(64-37(54)25-14-10-8-11-15-25)40(63-30)61-28-20-18-27(57-7)19-21-28)66-39-31(53-41(55)68-46(50,51)52)34(67-42(56)59-24-45(47,48)49)32-29(62-39)22-58-38(65-32)26-16-12-9-13-17-26/h8-21,29-36,38-40H,22-24H2,1-7H3,(H,53,55)/t29-,30-,31-,32-,33+,34-,35+,36-,38-,39+,40-/m1/s1.